The van der Waals surface area contributed by atoms with E-state index in [4.69, 9.17) is 11.6 Å². The maximum Gasteiger partial charge on any atom is 0.256 e. The fourth-order valence-corrected chi connectivity index (χ4v) is 3.40. The zero-order valence-electron chi connectivity index (χ0n) is 13.0. The smallest absolute Gasteiger partial charge is 0.256 e. The fourth-order valence-electron chi connectivity index (χ4n) is 3.19. The third kappa shape index (κ3) is 2.63. The van der Waals surface area contributed by atoms with Crippen molar-refractivity contribution in [2.45, 2.75) is 18.8 Å². The van der Waals surface area contributed by atoms with E-state index in [9.17, 15) is 4.79 Å². The normalized spacial score (nSPS) is 15.8. The molecule has 0 N–H and O–H groups in total. The van der Waals surface area contributed by atoms with Crippen LogP contribution in [0.1, 0.15) is 34.9 Å². The average molecular weight is 342 g/mol. The number of carbonyl (C=O) groups excluding carboxylic acids is 1. The van der Waals surface area contributed by atoms with Gasteiger partial charge in [0.05, 0.1) is 5.56 Å². The number of likely N-dealkylation sites (tertiary alicyclic amines) is 1. The fraction of sp³-hybridized carbons (Fsp3) is 0.294. The van der Waals surface area contributed by atoms with E-state index in [1.807, 2.05) is 33.7 Å². The SMILES string of the molecule is O=C(c1cccnc1Cl)N1CCC(c2nnc3ccccn23)CC1. The summed E-state index contributed by atoms with van der Waals surface area (Å²) in [7, 11) is 0. The molecule has 1 amide bonds. The molecular weight excluding hydrogens is 326 g/mol. The van der Waals surface area contributed by atoms with Crippen LogP contribution < -0.4 is 0 Å². The molecule has 0 aromatic carbocycles. The van der Waals surface area contributed by atoms with E-state index < -0.39 is 0 Å². The van der Waals surface area contributed by atoms with Crippen LogP contribution in [0.3, 0.4) is 0 Å². The highest BCUT2D eigenvalue weighted by molar-refractivity contribution is 6.32. The van der Waals surface area contributed by atoms with Crippen LogP contribution >= 0.6 is 11.6 Å². The molecule has 1 saturated heterocycles. The number of aromatic nitrogens is 4. The summed E-state index contributed by atoms with van der Waals surface area (Å²) >= 11 is 6.03. The van der Waals surface area contributed by atoms with Crippen molar-refractivity contribution in [1.82, 2.24) is 24.5 Å². The molecule has 1 fully saturated rings. The second-order valence-electron chi connectivity index (χ2n) is 5.90. The number of rotatable bonds is 2. The van der Waals surface area contributed by atoms with Gasteiger partial charge in [-0.05, 0) is 37.1 Å². The Balaban J connectivity index is 1.49. The van der Waals surface area contributed by atoms with Crippen molar-refractivity contribution in [2.24, 2.45) is 0 Å². The highest BCUT2D eigenvalue weighted by Gasteiger charge is 2.28. The zero-order valence-corrected chi connectivity index (χ0v) is 13.7. The van der Waals surface area contributed by atoms with E-state index in [-0.39, 0.29) is 11.1 Å². The molecule has 122 valence electrons. The second kappa shape index (κ2) is 6.20. The number of fused-ring (bicyclic) bond motifs is 1. The lowest BCUT2D eigenvalue weighted by molar-refractivity contribution is 0.0710. The van der Waals surface area contributed by atoms with Gasteiger partial charge in [0, 0.05) is 31.4 Å². The van der Waals surface area contributed by atoms with E-state index in [2.05, 4.69) is 15.2 Å². The first-order chi connectivity index (χ1) is 11.7. The van der Waals surface area contributed by atoms with Crippen LogP contribution in [0.4, 0.5) is 0 Å². The van der Waals surface area contributed by atoms with Gasteiger partial charge in [-0.1, -0.05) is 17.7 Å². The van der Waals surface area contributed by atoms with E-state index >= 15 is 0 Å². The number of carbonyl (C=O) groups is 1. The summed E-state index contributed by atoms with van der Waals surface area (Å²) in [5.41, 5.74) is 1.32. The maximum absolute atomic E-state index is 12.6. The number of hydrogen-bond donors (Lipinski definition) is 0. The third-order valence-corrected chi connectivity index (χ3v) is 4.78. The van der Waals surface area contributed by atoms with Crippen molar-refractivity contribution in [2.75, 3.05) is 13.1 Å². The highest BCUT2D eigenvalue weighted by atomic mass is 35.5. The minimum atomic E-state index is -0.0577. The molecule has 1 aliphatic rings. The standard InChI is InChI=1S/C17H16ClN5O/c18-15-13(4-3-8-19-15)17(24)22-10-6-12(7-11-22)16-21-20-14-5-1-2-9-23(14)16/h1-5,8-9,12H,6-7,10-11H2. The van der Waals surface area contributed by atoms with Crippen molar-refractivity contribution in [3.05, 3.63) is 59.3 Å². The van der Waals surface area contributed by atoms with Gasteiger partial charge in [-0.3, -0.25) is 9.20 Å². The number of amides is 1. The van der Waals surface area contributed by atoms with Gasteiger partial charge in [-0.15, -0.1) is 10.2 Å². The largest absolute Gasteiger partial charge is 0.339 e. The molecule has 0 radical (unpaired) electrons. The summed E-state index contributed by atoms with van der Waals surface area (Å²) in [5.74, 6) is 1.21. The van der Waals surface area contributed by atoms with Crippen molar-refractivity contribution in [3.63, 3.8) is 0 Å². The van der Waals surface area contributed by atoms with Gasteiger partial charge in [0.25, 0.3) is 5.91 Å². The summed E-state index contributed by atoms with van der Waals surface area (Å²) < 4.78 is 2.03. The maximum atomic E-state index is 12.6. The molecule has 3 aromatic heterocycles. The van der Waals surface area contributed by atoms with Gasteiger partial charge in [0.1, 0.15) is 11.0 Å². The molecule has 4 rings (SSSR count). The van der Waals surface area contributed by atoms with Crippen LogP contribution in [0.15, 0.2) is 42.7 Å². The molecule has 6 nitrogen and oxygen atoms in total. The molecule has 0 bridgehead atoms. The van der Waals surface area contributed by atoms with Crippen molar-refractivity contribution < 1.29 is 4.79 Å². The van der Waals surface area contributed by atoms with Crippen LogP contribution in [0, 0.1) is 0 Å². The Bertz CT molecular complexity index is 885. The number of piperidine rings is 1. The van der Waals surface area contributed by atoms with Crippen LogP contribution in [0.25, 0.3) is 5.65 Å². The van der Waals surface area contributed by atoms with Crippen LogP contribution in [-0.4, -0.2) is 43.5 Å². The molecule has 3 aromatic rings. The minimum Gasteiger partial charge on any atom is -0.339 e. The first-order valence-electron chi connectivity index (χ1n) is 7.93. The molecule has 4 heterocycles. The van der Waals surface area contributed by atoms with E-state index in [0.717, 1.165) is 24.3 Å². The van der Waals surface area contributed by atoms with Crippen LogP contribution in [0.2, 0.25) is 5.15 Å². The molecular formula is C17H16ClN5O. The Morgan fingerprint density at radius 3 is 2.75 bits per heavy atom. The molecule has 0 spiro atoms. The van der Waals surface area contributed by atoms with Gasteiger partial charge in [0.15, 0.2) is 5.65 Å². The predicted molar refractivity (Wildman–Crippen MR) is 90.1 cm³/mol. The Morgan fingerprint density at radius 2 is 1.96 bits per heavy atom. The molecule has 1 aliphatic heterocycles. The summed E-state index contributed by atoms with van der Waals surface area (Å²) in [6.45, 7) is 1.35. The molecule has 24 heavy (non-hydrogen) atoms. The number of pyridine rings is 2. The monoisotopic (exact) mass is 341 g/mol. The number of nitrogens with zero attached hydrogens (tertiary/aromatic N) is 5. The van der Waals surface area contributed by atoms with E-state index in [1.54, 1.807) is 18.3 Å². The zero-order chi connectivity index (χ0) is 16.5. The second-order valence-corrected chi connectivity index (χ2v) is 6.25. The molecule has 7 heteroatoms. The molecule has 0 atom stereocenters. The lowest BCUT2D eigenvalue weighted by Gasteiger charge is -2.31. The van der Waals surface area contributed by atoms with Gasteiger partial charge in [-0.25, -0.2) is 4.98 Å². The minimum absolute atomic E-state index is 0.0577. The summed E-state index contributed by atoms with van der Waals surface area (Å²) in [6.07, 6.45) is 5.29. The number of hydrogen-bond acceptors (Lipinski definition) is 4. The predicted octanol–water partition coefficient (Wildman–Crippen LogP) is 2.80. The Hall–Kier alpha value is -2.47. The first kappa shape index (κ1) is 15.1. The van der Waals surface area contributed by atoms with E-state index in [1.165, 1.54) is 0 Å². The van der Waals surface area contributed by atoms with Crippen LogP contribution in [-0.2, 0) is 0 Å². The quantitative estimate of drug-likeness (QED) is 0.672. The molecule has 0 aliphatic carbocycles. The van der Waals surface area contributed by atoms with Gasteiger partial charge in [-0.2, -0.15) is 0 Å². The third-order valence-electron chi connectivity index (χ3n) is 4.48. The Kier molecular flexibility index (Phi) is 3.90. The van der Waals surface area contributed by atoms with Crippen molar-refractivity contribution in [3.8, 4) is 0 Å². The first-order valence-corrected chi connectivity index (χ1v) is 8.31. The van der Waals surface area contributed by atoms with Crippen molar-refractivity contribution >= 4 is 23.2 Å². The van der Waals surface area contributed by atoms with Crippen LogP contribution in [0.5, 0.6) is 0 Å². The molecule has 0 saturated carbocycles. The Labute approximate surface area is 144 Å². The summed E-state index contributed by atoms with van der Waals surface area (Å²) in [6, 6.07) is 9.32. The highest BCUT2D eigenvalue weighted by Crippen LogP contribution is 2.28. The number of halogens is 1. The topological polar surface area (TPSA) is 63.4 Å². The lowest BCUT2D eigenvalue weighted by Crippen LogP contribution is -2.38. The average Bonchev–Trinajstić information content (AvgIpc) is 3.06. The summed E-state index contributed by atoms with van der Waals surface area (Å²) in [4.78, 5) is 18.4. The van der Waals surface area contributed by atoms with Gasteiger partial charge < -0.3 is 4.90 Å². The van der Waals surface area contributed by atoms with Crippen molar-refractivity contribution in [1.29, 1.82) is 0 Å². The lowest BCUT2D eigenvalue weighted by atomic mass is 9.95. The summed E-state index contributed by atoms with van der Waals surface area (Å²) in [5, 5.41) is 8.81. The van der Waals surface area contributed by atoms with Gasteiger partial charge >= 0.3 is 0 Å². The van der Waals surface area contributed by atoms with E-state index in [0.29, 0.717) is 24.6 Å². The van der Waals surface area contributed by atoms with Gasteiger partial charge in [0.2, 0.25) is 0 Å². The molecule has 0 unspecified atom stereocenters. The Morgan fingerprint density at radius 1 is 1.12 bits per heavy atom.